The monoisotopic (exact) mass is 395 g/mol. The average molecular weight is 396 g/mol. The zero-order valence-electron chi connectivity index (χ0n) is 17.4. The Kier molecular flexibility index (Phi) is 5.17. The van der Waals surface area contributed by atoms with Crippen molar-refractivity contribution in [2.24, 2.45) is 11.3 Å². The van der Waals surface area contributed by atoms with Gasteiger partial charge in [0, 0.05) is 62.4 Å². The van der Waals surface area contributed by atoms with Crippen molar-refractivity contribution in [3.8, 4) is 0 Å². The van der Waals surface area contributed by atoms with E-state index in [0.29, 0.717) is 31.7 Å². The molecule has 2 aromatic rings. The van der Waals surface area contributed by atoms with Gasteiger partial charge in [-0.1, -0.05) is 18.2 Å². The quantitative estimate of drug-likeness (QED) is 0.773. The number of fused-ring (bicyclic) bond motifs is 1. The number of hydrogen-bond acceptors (Lipinski definition) is 4. The van der Waals surface area contributed by atoms with Gasteiger partial charge in [0.25, 0.3) is 11.8 Å². The summed E-state index contributed by atoms with van der Waals surface area (Å²) < 4.78 is 1.78. The van der Waals surface area contributed by atoms with E-state index in [0.717, 1.165) is 18.7 Å². The van der Waals surface area contributed by atoms with Crippen LogP contribution in [0.25, 0.3) is 0 Å². The van der Waals surface area contributed by atoms with Crippen LogP contribution in [0.15, 0.2) is 42.7 Å². The number of likely N-dealkylation sites (tertiary alicyclic amines) is 2. The molecule has 0 aliphatic carbocycles. The van der Waals surface area contributed by atoms with Gasteiger partial charge in [-0.15, -0.1) is 0 Å². The molecule has 1 aromatic carbocycles. The molecule has 2 fully saturated rings. The van der Waals surface area contributed by atoms with Gasteiger partial charge >= 0.3 is 0 Å². The lowest BCUT2D eigenvalue weighted by atomic mass is 9.80. The van der Waals surface area contributed by atoms with Crippen molar-refractivity contribution in [1.82, 2.24) is 24.5 Å². The number of rotatable bonds is 5. The van der Waals surface area contributed by atoms with Crippen LogP contribution in [0, 0.1) is 11.3 Å². The highest BCUT2D eigenvalue weighted by atomic mass is 16.2. The van der Waals surface area contributed by atoms with E-state index in [2.05, 4.69) is 24.1 Å². The molecule has 2 amide bonds. The Balaban J connectivity index is 1.53. The summed E-state index contributed by atoms with van der Waals surface area (Å²) in [5.74, 6) is 0.404. The van der Waals surface area contributed by atoms with Gasteiger partial charge in [0.15, 0.2) is 0 Å². The summed E-state index contributed by atoms with van der Waals surface area (Å²) in [4.78, 5) is 32.1. The Morgan fingerprint density at radius 2 is 1.69 bits per heavy atom. The van der Waals surface area contributed by atoms with Crippen LogP contribution in [0.5, 0.6) is 0 Å². The molecule has 29 heavy (non-hydrogen) atoms. The van der Waals surface area contributed by atoms with E-state index in [-0.39, 0.29) is 23.1 Å². The largest absolute Gasteiger partial charge is 0.338 e. The maximum absolute atomic E-state index is 13.1. The first kappa shape index (κ1) is 19.6. The molecule has 0 radical (unpaired) electrons. The van der Waals surface area contributed by atoms with Gasteiger partial charge in [-0.25, -0.2) is 0 Å². The van der Waals surface area contributed by atoms with Crippen molar-refractivity contribution in [3.05, 3.63) is 53.9 Å². The standard InChI is InChI=1S/C22H29N5O2/c1-4-27-11-18(10-23-27)21(29)26-13-19-12-25(15-22(19,16-26)14-24(2)3)20(28)17-8-6-5-7-9-17/h5-11,19H,4,12-16H2,1-3H3/t19-,22+/m1/s1. The summed E-state index contributed by atoms with van der Waals surface area (Å²) in [5.41, 5.74) is 1.28. The summed E-state index contributed by atoms with van der Waals surface area (Å²) in [6.07, 6.45) is 3.48. The minimum atomic E-state index is -0.0929. The Bertz CT molecular complexity index is 894. The fourth-order valence-electron chi connectivity index (χ4n) is 4.94. The maximum Gasteiger partial charge on any atom is 0.257 e. The summed E-state index contributed by atoms with van der Waals surface area (Å²) in [6, 6.07) is 9.47. The van der Waals surface area contributed by atoms with Gasteiger partial charge in [0.2, 0.25) is 0 Å². The van der Waals surface area contributed by atoms with E-state index < -0.39 is 0 Å². The zero-order valence-corrected chi connectivity index (χ0v) is 17.4. The summed E-state index contributed by atoms with van der Waals surface area (Å²) >= 11 is 0. The number of aromatic nitrogens is 2. The lowest BCUT2D eigenvalue weighted by molar-refractivity contribution is 0.0701. The topological polar surface area (TPSA) is 61.7 Å². The molecule has 0 bridgehead atoms. The minimum absolute atomic E-state index is 0.0400. The van der Waals surface area contributed by atoms with Gasteiger partial charge in [-0.05, 0) is 33.2 Å². The van der Waals surface area contributed by atoms with E-state index in [9.17, 15) is 9.59 Å². The molecule has 0 saturated carbocycles. The molecule has 7 heteroatoms. The normalized spacial score (nSPS) is 23.7. The average Bonchev–Trinajstić information content (AvgIpc) is 3.39. The first-order valence-electron chi connectivity index (χ1n) is 10.2. The number of nitrogens with zero attached hydrogens (tertiary/aromatic N) is 5. The van der Waals surface area contributed by atoms with Crippen LogP contribution in [0.4, 0.5) is 0 Å². The minimum Gasteiger partial charge on any atom is -0.338 e. The molecule has 3 heterocycles. The Morgan fingerprint density at radius 1 is 1.07 bits per heavy atom. The fraction of sp³-hybridized carbons (Fsp3) is 0.500. The van der Waals surface area contributed by atoms with E-state index in [1.54, 1.807) is 10.9 Å². The van der Waals surface area contributed by atoms with E-state index in [4.69, 9.17) is 0 Å². The third kappa shape index (κ3) is 3.67. The number of amides is 2. The molecule has 0 N–H and O–H groups in total. The van der Waals surface area contributed by atoms with Crippen molar-refractivity contribution in [3.63, 3.8) is 0 Å². The Morgan fingerprint density at radius 3 is 2.24 bits per heavy atom. The third-order valence-electron chi connectivity index (χ3n) is 6.19. The SMILES string of the molecule is CCn1cc(C(=O)N2C[C@H]3CN(C(=O)c4ccccc4)C[C@@]3(CN(C)C)C2)cn1. The van der Waals surface area contributed by atoms with Crippen LogP contribution < -0.4 is 0 Å². The molecule has 2 aliphatic rings. The number of carbonyl (C=O) groups is 2. The van der Waals surface area contributed by atoms with Gasteiger partial charge in [-0.2, -0.15) is 5.10 Å². The number of carbonyl (C=O) groups excluding carboxylic acids is 2. The van der Waals surface area contributed by atoms with E-state index in [1.807, 2.05) is 53.3 Å². The highest BCUT2D eigenvalue weighted by Gasteiger charge is 2.54. The fourth-order valence-corrected chi connectivity index (χ4v) is 4.94. The second-order valence-corrected chi connectivity index (χ2v) is 8.62. The van der Waals surface area contributed by atoms with Crippen LogP contribution in [-0.4, -0.2) is 83.1 Å². The second-order valence-electron chi connectivity index (χ2n) is 8.62. The smallest absolute Gasteiger partial charge is 0.257 e. The van der Waals surface area contributed by atoms with Crippen LogP contribution in [0.3, 0.4) is 0 Å². The van der Waals surface area contributed by atoms with E-state index in [1.165, 1.54) is 0 Å². The van der Waals surface area contributed by atoms with Gasteiger partial charge in [0.05, 0.1) is 11.8 Å². The second kappa shape index (κ2) is 7.63. The highest BCUT2D eigenvalue weighted by molar-refractivity contribution is 5.95. The molecule has 0 spiro atoms. The Labute approximate surface area is 171 Å². The molecule has 0 unspecified atom stereocenters. The zero-order chi connectivity index (χ0) is 20.6. The van der Waals surface area contributed by atoms with Crippen LogP contribution in [-0.2, 0) is 6.54 Å². The maximum atomic E-state index is 13.1. The molecule has 2 aliphatic heterocycles. The number of aryl methyl sites for hydroxylation is 1. The number of benzene rings is 1. The van der Waals surface area contributed by atoms with Crippen LogP contribution in [0.2, 0.25) is 0 Å². The predicted octanol–water partition coefficient (Wildman–Crippen LogP) is 1.68. The van der Waals surface area contributed by atoms with Gasteiger partial charge in [-0.3, -0.25) is 14.3 Å². The lowest BCUT2D eigenvalue weighted by Gasteiger charge is -2.32. The molecule has 2 saturated heterocycles. The molecule has 7 nitrogen and oxygen atoms in total. The predicted molar refractivity (Wildman–Crippen MR) is 111 cm³/mol. The van der Waals surface area contributed by atoms with Crippen LogP contribution >= 0.6 is 0 Å². The molecular weight excluding hydrogens is 366 g/mol. The molecular formula is C22H29N5O2. The molecule has 2 atom stereocenters. The first-order valence-corrected chi connectivity index (χ1v) is 10.2. The van der Waals surface area contributed by atoms with Crippen molar-refractivity contribution < 1.29 is 9.59 Å². The summed E-state index contributed by atoms with van der Waals surface area (Å²) in [7, 11) is 4.12. The van der Waals surface area contributed by atoms with Crippen LogP contribution in [0.1, 0.15) is 27.6 Å². The van der Waals surface area contributed by atoms with Crippen molar-refractivity contribution in [2.45, 2.75) is 13.5 Å². The molecule has 1 aromatic heterocycles. The Hall–Kier alpha value is -2.67. The number of hydrogen-bond donors (Lipinski definition) is 0. The third-order valence-corrected chi connectivity index (χ3v) is 6.19. The van der Waals surface area contributed by atoms with Crippen molar-refractivity contribution >= 4 is 11.8 Å². The van der Waals surface area contributed by atoms with E-state index >= 15 is 0 Å². The first-order chi connectivity index (χ1) is 13.9. The van der Waals surface area contributed by atoms with Gasteiger partial charge in [0.1, 0.15) is 0 Å². The van der Waals surface area contributed by atoms with Gasteiger partial charge < -0.3 is 14.7 Å². The highest BCUT2D eigenvalue weighted by Crippen LogP contribution is 2.43. The summed E-state index contributed by atoms with van der Waals surface area (Å²) in [5, 5.41) is 4.24. The van der Waals surface area contributed by atoms with Crippen molar-refractivity contribution in [2.75, 3.05) is 46.8 Å². The summed E-state index contributed by atoms with van der Waals surface area (Å²) in [6.45, 7) is 6.34. The van der Waals surface area contributed by atoms with Crippen molar-refractivity contribution in [1.29, 1.82) is 0 Å². The lowest BCUT2D eigenvalue weighted by Crippen LogP contribution is -2.43. The molecule has 4 rings (SSSR count). The molecule has 154 valence electrons.